The van der Waals surface area contributed by atoms with Gasteiger partial charge in [0.1, 0.15) is 0 Å². The second-order valence-corrected chi connectivity index (χ2v) is 6.73. The SMILES string of the molecule is CCc1noc(-c2cn([C@H]3CCN(C(=O)c4cccc(C(F)(F)F)c4)C3)nn2)n1. The Hall–Kier alpha value is -3.24. The minimum atomic E-state index is -4.49. The Kier molecular flexibility index (Phi) is 4.81. The third-order valence-corrected chi connectivity index (χ3v) is 4.78. The second kappa shape index (κ2) is 7.30. The van der Waals surface area contributed by atoms with Gasteiger partial charge in [0.15, 0.2) is 11.5 Å². The van der Waals surface area contributed by atoms with E-state index >= 15 is 0 Å². The number of alkyl halides is 3. The maximum absolute atomic E-state index is 12.9. The summed E-state index contributed by atoms with van der Waals surface area (Å²) in [6, 6.07) is 4.31. The Morgan fingerprint density at radius 3 is 2.90 bits per heavy atom. The number of halogens is 3. The molecule has 1 saturated heterocycles. The molecule has 0 spiro atoms. The highest BCUT2D eigenvalue weighted by Gasteiger charge is 2.33. The van der Waals surface area contributed by atoms with Crippen LogP contribution < -0.4 is 0 Å². The highest BCUT2D eigenvalue weighted by atomic mass is 19.4. The van der Waals surface area contributed by atoms with Gasteiger partial charge in [-0.2, -0.15) is 18.2 Å². The van der Waals surface area contributed by atoms with Crippen LogP contribution >= 0.6 is 0 Å². The molecule has 3 aromatic rings. The fourth-order valence-corrected chi connectivity index (χ4v) is 3.21. The molecule has 1 amide bonds. The zero-order chi connectivity index (χ0) is 20.6. The number of hydrogen-bond acceptors (Lipinski definition) is 6. The summed E-state index contributed by atoms with van der Waals surface area (Å²) < 4.78 is 45.4. The summed E-state index contributed by atoms with van der Waals surface area (Å²) >= 11 is 0. The maximum atomic E-state index is 12.9. The molecule has 152 valence electrons. The van der Waals surface area contributed by atoms with Crippen molar-refractivity contribution in [3.63, 3.8) is 0 Å². The summed E-state index contributed by atoms with van der Waals surface area (Å²) in [7, 11) is 0. The summed E-state index contributed by atoms with van der Waals surface area (Å²) in [5.41, 5.74) is -0.399. The van der Waals surface area contributed by atoms with E-state index < -0.39 is 17.6 Å². The topological polar surface area (TPSA) is 89.9 Å². The molecular formula is C18H17F3N6O2. The summed E-state index contributed by atoms with van der Waals surface area (Å²) in [4.78, 5) is 18.4. The van der Waals surface area contributed by atoms with E-state index in [0.717, 1.165) is 12.1 Å². The van der Waals surface area contributed by atoms with Crippen LogP contribution in [0.25, 0.3) is 11.6 Å². The van der Waals surface area contributed by atoms with Crippen LogP contribution in [-0.4, -0.2) is 49.0 Å². The van der Waals surface area contributed by atoms with Crippen molar-refractivity contribution in [2.24, 2.45) is 0 Å². The zero-order valence-electron chi connectivity index (χ0n) is 15.4. The van der Waals surface area contributed by atoms with Gasteiger partial charge in [0.25, 0.3) is 11.8 Å². The van der Waals surface area contributed by atoms with E-state index in [9.17, 15) is 18.0 Å². The first-order chi connectivity index (χ1) is 13.8. The van der Waals surface area contributed by atoms with Gasteiger partial charge in [-0.3, -0.25) is 4.79 Å². The largest absolute Gasteiger partial charge is 0.416 e. The molecule has 8 nitrogen and oxygen atoms in total. The number of likely N-dealkylation sites (tertiary alicyclic amines) is 1. The minimum absolute atomic E-state index is 0.0118. The molecule has 0 radical (unpaired) electrons. The summed E-state index contributed by atoms with van der Waals surface area (Å²) in [5.74, 6) is 0.389. The number of amides is 1. The third kappa shape index (κ3) is 3.84. The average Bonchev–Trinajstić information content (AvgIpc) is 3.46. The number of hydrogen-bond donors (Lipinski definition) is 0. The van der Waals surface area contributed by atoms with E-state index in [4.69, 9.17) is 4.52 Å². The van der Waals surface area contributed by atoms with Crippen LogP contribution in [0.3, 0.4) is 0 Å². The molecule has 0 unspecified atom stereocenters. The van der Waals surface area contributed by atoms with E-state index in [1.807, 2.05) is 6.92 Å². The van der Waals surface area contributed by atoms with E-state index in [1.54, 1.807) is 10.9 Å². The molecule has 11 heteroatoms. The highest BCUT2D eigenvalue weighted by molar-refractivity contribution is 5.94. The van der Waals surface area contributed by atoms with E-state index in [2.05, 4.69) is 20.5 Å². The molecule has 0 saturated carbocycles. The minimum Gasteiger partial charge on any atom is -0.336 e. The van der Waals surface area contributed by atoms with Gasteiger partial charge in [-0.15, -0.1) is 5.10 Å². The van der Waals surface area contributed by atoms with Gasteiger partial charge < -0.3 is 9.42 Å². The number of nitrogens with zero attached hydrogens (tertiary/aromatic N) is 6. The number of benzene rings is 1. The lowest BCUT2D eigenvalue weighted by atomic mass is 10.1. The van der Waals surface area contributed by atoms with Crippen LogP contribution in [0.5, 0.6) is 0 Å². The zero-order valence-corrected chi connectivity index (χ0v) is 15.4. The first-order valence-corrected chi connectivity index (χ1v) is 9.06. The maximum Gasteiger partial charge on any atom is 0.416 e. The van der Waals surface area contributed by atoms with Gasteiger partial charge >= 0.3 is 6.18 Å². The van der Waals surface area contributed by atoms with Gasteiger partial charge in [0.2, 0.25) is 0 Å². The normalized spacial score (nSPS) is 17.1. The molecular weight excluding hydrogens is 389 g/mol. The molecule has 1 fully saturated rings. The predicted octanol–water partition coefficient (Wildman–Crippen LogP) is 3.00. The van der Waals surface area contributed by atoms with Gasteiger partial charge in [-0.25, -0.2) is 4.68 Å². The van der Waals surface area contributed by atoms with Crippen molar-refractivity contribution in [3.8, 4) is 11.6 Å². The summed E-state index contributed by atoms with van der Waals surface area (Å²) in [5, 5.41) is 11.9. The number of aromatic nitrogens is 5. The number of aryl methyl sites for hydroxylation is 1. The standard InChI is InChI=1S/C18H17F3N6O2/c1-2-15-22-16(29-24-15)14-10-27(25-23-14)13-6-7-26(9-13)17(28)11-4-3-5-12(8-11)18(19,20)21/h3-5,8,10,13H,2,6-7,9H2,1H3/t13-/m0/s1. The summed E-state index contributed by atoms with van der Waals surface area (Å²) in [6.07, 6.45) is -1.59. The van der Waals surface area contributed by atoms with Crippen molar-refractivity contribution in [3.05, 3.63) is 47.4 Å². The average molecular weight is 406 g/mol. The molecule has 3 heterocycles. The Balaban J connectivity index is 1.46. The lowest BCUT2D eigenvalue weighted by molar-refractivity contribution is -0.137. The summed E-state index contributed by atoms with van der Waals surface area (Å²) in [6.45, 7) is 2.64. The van der Waals surface area contributed by atoms with Crippen molar-refractivity contribution in [1.29, 1.82) is 0 Å². The molecule has 0 aliphatic carbocycles. The van der Waals surface area contributed by atoms with E-state index in [-0.39, 0.29) is 17.5 Å². The van der Waals surface area contributed by atoms with Crippen LogP contribution in [0, 0.1) is 0 Å². The smallest absolute Gasteiger partial charge is 0.336 e. The molecule has 4 rings (SSSR count). The molecule has 1 aromatic carbocycles. The van der Waals surface area contributed by atoms with Crippen LogP contribution in [-0.2, 0) is 12.6 Å². The van der Waals surface area contributed by atoms with Gasteiger partial charge in [0.05, 0.1) is 17.8 Å². The fraction of sp³-hybridized carbons (Fsp3) is 0.389. The first-order valence-electron chi connectivity index (χ1n) is 9.06. The number of rotatable bonds is 4. The Morgan fingerprint density at radius 1 is 1.34 bits per heavy atom. The monoisotopic (exact) mass is 406 g/mol. The molecule has 0 N–H and O–H groups in total. The molecule has 2 aromatic heterocycles. The molecule has 29 heavy (non-hydrogen) atoms. The van der Waals surface area contributed by atoms with Crippen molar-refractivity contribution in [1.82, 2.24) is 30.0 Å². The number of carbonyl (C=O) groups excluding carboxylic acids is 1. The molecule has 1 atom stereocenters. The first kappa shape index (κ1) is 19.1. The Bertz CT molecular complexity index is 1030. The van der Waals surface area contributed by atoms with E-state index in [0.29, 0.717) is 37.4 Å². The van der Waals surface area contributed by atoms with Crippen LogP contribution in [0.4, 0.5) is 13.2 Å². The Morgan fingerprint density at radius 2 is 2.17 bits per heavy atom. The number of carbonyl (C=O) groups is 1. The highest BCUT2D eigenvalue weighted by Crippen LogP contribution is 2.30. The van der Waals surface area contributed by atoms with Crippen molar-refractivity contribution < 1.29 is 22.5 Å². The van der Waals surface area contributed by atoms with Crippen molar-refractivity contribution in [2.75, 3.05) is 13.1 Å². The van der Waals surface area contributed by atoms with Crippen LogP contribution in [0.1, 0.15) is 41.1 Å². The van der Waals surface area contributed by atoms with Gasteiger partial charge in [0, 0.05) is 25.1 Å². The van der Waals surface area contributed by atoms with E-state index in [1.165, 1.54) is 17.0 Å². The van der Waals surface area contributed by atoms with Gasteiger partial charge in [-0.1, -0.05) is 23.4 Å². The second-order valence-electron chi connectivity index (χ2n) is 6.73. The Labute approximate surface area is 163 Å². The quantitative estimate of drug-likeness (QED) is 0.662. The molecule has 1 aliphatic heterocycles. The van der Waals surface area contributed by atoms with Gasteiger partial charge in [-0.05, 0) is 24.6 Å². The molecule has 0 bridgehead atoms. The third-order valence-electron chi connectivity index (χ3n) is 4.78. The van der Waals surface area contributed by atoms with Crippen LogP contribution in [0.15, 0.2) is 35.0 Å². The fourth-order valence-electron chi connectivity index (χ4n) is 3.21. The van der Waals surface area contributed by atoms with Crippen LogP contribution in [0.2, 0.25) is 0 Å². The lowest BCUT2D eigenvalue weighted by Crippen LogP contribution is -2.29. The molecule has 1 aliphatic rings. The van der Waals surface area contributed by atoms with Crippen molar-refractivity contribution in [2.45, 2.75) is 32.0 Å². The van der Waals surface area contributed by atoms with Crippen molar-refractivity contribution >= 4 is 5.91 Å². The lowest BCUT2D eigenvalue weighted by Gasteiger charge is -2.17. The predicted molar refractivity (Wildman–Crippen MR) is 93.7 cm³/mol.